The number of nitrogens with zero attached hydrogens (tertiary/aromatic N) is 1. The van der Waals surface area contributed by atoms with E-state index in [-0.39, 0.29) is 5.75 Å². The van der Waals surface area contributed by atoms with Crippen LogP contribution in [0.2, 0.25) is 0 Å². The third-order valence-corrected chi connectivity index (χ3v) is 2.07. The van der Waals surface area contributed by atoms with Crippen molar-refractivity contribution in [3.8, 4) is 5.75 Å². The first-order chi connectivity index (χ1) is 6.79. The molecule has 0 spiro atoms. The number of aromatic hydroxyl groups is 1. The first kappa shape index (κ1) is 10.5. The lowest BCUT2D eigenvalue weighted by Gasteiger charge is -2.06. The Kier molecular flexibility index (Phi) is 3.92. The van der Waals surface area contributed by atoms with Crippen molar-refractivity contribution >= 4 is 5.71 Å². The lowest BCUT2D eigenvalue weighted by Crippen LogP contribution is -2.00. The van der Waals surface area contributed by atoms with Gasteiger partial charge in [0.05, 0.1) is 0 Å². The number of aliphatic imine (C=N–C) groups is 1. The van der Waals surface area contributed by atoms with Crippen molar-refractivity contribution in [1.29, 1.82) is 0 Å². The molecule has 0 aromatic heterocycles. The Morgan fingerprint density at radius 3 is 2.79 bits per heavy atom. The molecule has 0 aliphatic rings. The van der Waals surface area contributed by atoms with E-state index in [0.29, 0.717) is 0 Å². The Labute approximate surface area is 84.6 Å². The van der Waals surface area contributed by atoms with Crippen molar-refractivity contribution < 1.29 is 5.11 Å². The first-order valence-corrected chi connectivity index (χ1v) is 4.64. The second-order valence-corrected chi connectivity index (χ2v) is 3.01. The number of para-hydroxylation sites is 1. The lowest BCUT2D eigenvalue weighted by molar-refractivity contribution is 0.474. The molecule has 0 atom stereocenters. The number of hydrogen-bond acceptors (Lipinski definition) is 2. The molecule has 0 fully saturated rings. The van der Waals surface area contributed by atoms with Crippen LogP contribution < -0.4 is 0 Å². The second-order valence-electron chi connectivity index (χ2n) is 3.01. The fourth-order valence-electron chi connectivity index (χ4n) is 1.32. The summed E-state index contributed by atoms with van der Waals surface area (Å²) in [6.45, 7) is 3.67. The Morgan fingerprint density at radius 2 is 2.21 bits per heavy atom. The largest absolute Gasteiger partial charge is 0.507 e. The highest BCUT2D eigenvalue weighted by molar-refractivity contribution is 6.02. The molecule has 1 N–H and O–H groups in total. The Bertz CT molecular complexity index is 342. The topological polar surface area (TPSA) is 32.6 Å². The quantitative estimate of drug-likeness (QED) is 0.573. The van der Waals surface area contributed by atoms with Gasteiger partial charge in [-0.2, -0.15) is 0 Å². The molecular formula is C12H15NO. The predicted molar refractivity (Wildman–Crippen MR) is 60.0 cm³/mol. The molecule has 1 rings (SSSR count). The third-order valence-electron chi connectivity index (χ3n) is 2.07. The lowest BCUT2D eigenvalue weighted by atomic mass is 10.0. The standard InChI is InChI=1S/C12H15NO/c1-3-4-8-11(13-2)10-7-5-6-9-12(10)14/h3,5-7,9,14H,1,4,8H2,2H3. The van der Waals surface area contributed by atoms with Crippen LogP contribution in [0, 0.1) is 0 Å². The van der Waals surface area contributed by atoms with Crippen molar-refractivity contribution in [3.63, 3.8) is 0 Å². The molecule has 1 aromatic rings. The van der Waals surface area contributed by atoms with E-state index < -0.39 is 0 Å². The molecule has 1 aromatic carbocycles. The average molecular weight is 189 g/mol. The van der Waals surface area contributed by atoms with Gasteiger partial charge in [-0.05, 0) is 25.0 Å². The minimum atomic E-state index is 0.289. The summed E-state index contributed by atoms with van der Waals surface area (Å²) in [6.07, 6.45) is 3.55. The summed E-state index contributed by atoms with van der Waals surface area (Å²) >= 11 is 0. The molecule has 0 unspecified atom stereocenters. The van der Waals surface area contributed by atoms with Gasteiger partial charge in [0.25, 0.3) is 0 Å². The van der Waals surface area contributed by atoms with Gasteiger partial charge in [0.1, 0.15) is 5.75 Å². The maximum Gasteiger partial charge on any atom is 0.124 e. The van der Waals surface area contributed by atoms with E-state index in [0.717, 1.165) is 24.1 Å². The van der Waals surface area contributed by atoms with Crippen LogP contribution in [0.25, 0.3) is 0 Å². The minimum Gasteiger partial charge on any atom is -0.507 e. The zero-order valence-electron chi connectivity index (χ0n) is 8.40. The highest BCUT2D eigenvalue weighted by Crippen LogP contribution is 2.18. The van der Waals surface area contributed by atoms with Crippen LogP contribution in [0.5, 0.6) is 5.75 Å². The summed E-state index contributed by atoms with van der Waals surface area (Å²) in [5.74, 6) is 0.289. The second kappa shape index (κ2) is 5.22. The smallest absolute Gasteiger partial charge is 0.124 e. The molecule has 0 aliphatic carbocycles. The van der Waals surface area contributed by atoms with Crippen LogP contribution >= 0.6 is 0 Å². The number of phenolic OH excluding ortho intramolecular Hbond substituents is 1. The highest BCUT2D eigenvalue weighted by Gasteiger charge is 2.05. The van der Waals surface area contributed by atoms with Crippen molar-refractivity contribution in [2.45, 2.75) is 12.8 Å². The summed E-state index contributed by atoms with van der Waals surface area (Å²) in [5, 5.41) is 9.60. The molecule has 0 bridgehead atoms. The van der Waals surface area contributed by atoms with Gasteiger partial charge in [0.2, 0.25) is 0 Å². The van der Waals surface area contributed by atoms with Crippen molar-refractivity contribution in [2.24, 2.45) is 4.99 Å². The molecule has 2 nitrogen and oxygen atoms in total. The first-order valence-electron chi connectivity index (χ1n) is 4.64. The maximum atomic E-state index is 9.60. The van der Waals surface area contributed by atoms with E-state index in [9.17, 15) is 5.11 Å². The summed E-state index contributed by atoms with van der Waals surface area (Å²) in [4.78, 5) is 4.17. The van der Waals surface area contributed by atoms with Crippen LogP contribution in [0.3, 0.4) is 0 Å². The van der Waals surface area contributed by atoms with Crippen molar-refractivity contribution in [3.05, 3.63) is 42.5 Å². The van der Waals surface area contributed by atoms with Gasteiger partial charge in [-0.1, -0.05) is 18.2 Å². The van der Waals surface area contributed by atoms with E-state index in [1.54, 1.807) is 19.2 Å². The molecule has 74 valence electrons. The summed E-state index contributed by atoms with van der Waals surface area (Å²) in [5.41, 5.74) is 1.74. The van der Waals surface area contributed by atoms with Gasteiger partial charge in [-0.3, -0.25) is 4.99 Å². The van der Waals surface area contributed by atoms with Crippen LogP contribution in [0.4, 0.5) is 0 Å². The average Bonchev–Trinajstić information content (AvgIpc) is 2.21. The molecule has 0 heterocycles. The zero-order chi connectivity index (χ0) is 10.4. The SMILES string of the molecule is C=CCCC(=NC)c1ccccc1O. The molecular weight excluding hydrogens is 174 g/mol. The van der Waals surface area contributed by atoms with E-state index in [1.807, 2.05) is 18.2 Å². The number of phenols is 1. The van der Waals surface area contributed by atoms with Gasteiger partial charge in [0.15, 0.2) is 0 Å². The number of allylic oxidation sites excluding steroid dienone is 1. The van der Waals surface area contributed by atoms with E-state index in [2.05, 4.69) is 11.6 Å². The summed E-state index contributed by atoms with van der Waals surface area (Å²) < 4.78 is 0. The normalized spacial score (nSPS) is 11.4. The monoisotopic (exact) mass is 189 g/mol. The van der Waals surface area contributed by atoms with Gasteiger partial charge >= 0.3 is 0 Å². The maximum absolute atomic E-state index is 9.60. The van der Waals surface area contributed by atoms with E-state index in [4.69, 9.17) is 0 Å². The van der Waals surface area contributed by atoms with Crippen LogP contribution in [0.15, 0.2) is 41.9 Å². The molecule has 0 amide bonds. The minimum absolute atomic E-state index is 0.289. The van der Waals surface area contributed by atoms with E-state index >= 15 is 0 Å². The van der Waals surface area contributed by atoms with Crippen LogP contribution in [-0.4, -0.2) is 17.9 Å². The predicted octanol–water partition coefficient (Wildman–Crippen LogP) is 2.78. The third kappa shape index (κ3) is 2.46. The van der Waals surface area contributed by atoms with Gasteiger partial charge in [0, 0.05) is 18.3 Å². The van der Waals surface area contributed by atoms with Gasteiger partial charge in [-0.15, -0.1) is 6.58 Å². The van der Waals surface area contributed by atoms with Gasteiger partial charge < -0.3 is 5.11 Å². The molecule has 0 saturated carbocycles. The number of rotatable bonds is 4. The number of benzene rings is 1. The van der Waals surface area contributed by atoms with Crippen molar-refractivity contribution in [1.82, 2.24) is 0 Å². The fourth-order valence-corrected chi connectivity index (χ4v) is 1.32. The Morgan fingerprint density at radius 1 is 1.50 bits per heavy atom. The Balaban J connectivity index is 2.90. The molecule has 14 heavy (non-hydrogen) atoms. The number of hydrogen-bond donors (Lipinski definition) is 1. The molecule has 0 radical (unpaired) electrons. The zero-order valence-corrected chi connectivity index (χ0v) is 8.40. The summed E-state index contributed by atoms with van der Waals surface area (Å²) in [7, 11) is 1.74. The molecule has 2 heteroatoms. The summed E-state index contributed by atoms with van der Waals surface area (Å²) in [6, 6.07) is 7.25. The fraction of sp³-hybridized carbons (Fsp3) is 0.250. The highest BCUT2D eigenvalue weighted by atomic mass is 16.3. The van der Waals surface area contributed by atoms with Crippen LogP contribution in [-0.2, 0) is 0 Å². The van der Waals surface area contributed by atoms with Crippen molar-refractivity contribution in [2.75, 3.05) is 7.05 Å². The van der Waals surface area contributed by atoms with Crippen LogP contribution in [0.1, 0.15) is 18.4 Å². The molecule has 0 saturated heterocycles. The van der Waals surface area contributed by atoms with E-state index in [1.165, 1.54) is 0 Å². The Hall–Kier alpha value is -1.57. The molecule has 0 aliphatic heterocycles. The van der Waals surface area contributed by atoms with Gasteiger partial charge in [-0.25, -0.2) is 0 Å².